The summed E-state index contributed by atoms with van der Waals surface area (Å²) in [4.78, 5) is 27.5. The molecule has 6 rings (SSSR count). The van der Waals surface area contributed by atoms with Gasteiger partial charge in [0.25, 0.3) is 11.6 Å². The number of nitrogens with zero attached hydrogens (tertiary/aromatic N) is 2. The van der Waals surface area contributed by atoms with Gasteiger partial charge in [-0.15, -0.1) is 23.4 Å². The van der Waals surface area contributed by atoms with E-state index in [1.165, 1.54) is 11.8 Å². The van der Waals surface area contributed by atoms with Crippen molar-refractivity contribution in [3.05, 3.63) is 98.0 Å². The molecule has 5 atom stereocenters. The quantitative estimate of drug-likeness (QED) is 0.182. The van der Waals surface area contributed by atoms with E-state index >= 15 is 0 Å². The van der Waals surface area contributed by atoms with Crippen molar-refractivity contribution in [2.75, 3.05) is 18.4 Å². The van der Waals surface area contributed by atoms with E-state index in [0.29, 0.717) is 10.5 Å². The first kappa shape index (κ1) is 25.7. The number of nitrogens with one attached hydrogen (secondary N) is 1. The second kappa shape index (κ2) is 10.5. The van der Waals surface area contributed by atoms with Crippen LogP contribution in [0.4, 0.5) is 11.4 Å². The molecule has 9 heteroatoms. The summed E-state index contributed by atoms with van der Waals surface area (Å²) in [6, 6.07) is 21.1. The number of rotatable bonds is 5. The van der Waals surface area contributed by atoms with Crippen LogP contribution in [-0.2, 0) is 0 Å². The van der Waals surface area contributed by atoms with Crippen LogP contribution in [0.1, 0.15) is 52.7 Å². The van der Waals surface area contributed by atoms with E-state index in [1.807, 2.05) is 35.2 Å². The zero-order valence-electron chi connectivity index (χ0n) is 20.6. The van der Waals surface area contributed by atoms with Crippen molar-refractivity contribution in [1.29, 1.82) is 0 Å². The van der Waals surface area contributed by atoms with Gasteiger partial charge >= 0.3 is 0 Å². The number of hydrogen-bond donors (Lipinski definition) is 1. The number of anilines is 1. The molecule has 1 saturated carbocycles. The molecule has 1 N–H and O–H groups in total. The molecule has 6 nitrogen and oxygen atoms in total. The number of benzene rings is 3. The number of thioether (sulfide) groups is 1. The molecule has 2 fully saturated rings. The Bertz CT molecular complexity index is 1380. The molecule has 3 aromatic rings. The predicted octanol–water partition coefficient (Wildman–Crippen LogP) is 7.63. The van der Waals surface area contributed by atoms with Crippen molar-refractivity contribution in [2.45, 2.75) is 46.7 Å². The van der Waals surface area contributed by atoms with Crippen molar-refractivity contribution in [3.8, 4) is 0 Å². The van der Waals surface area contributed by atoms with E-state index in [4.69, 9.17) is 11.6 Å². The molecule has 2 heterocycles. The van der Waals surface area contributed by atoms with Crippen LogP contribution in [0.2, 0.25) is 0 Å². The number of carbonyl (C=O) groups is 1. The number of nitro benzene ring substituents is 1. The van der Waals surface area contributed by atoms with E-state index in [-0.39, 0.29) is 45.0 Å². The SMILES string of the molecule is O=C(c1cccc2c1N[C@H](c1ccc(Br)cc1)[C@@H]1C[C@H](Sc3ccccc3[N+](=O)[O-])[C@@H](Cl)[C@H]21)N1CCCC1. The highest BCUT2D eigenvalue weighted by Crippen LogP contribution is 2.58. The normalized spacial score (nSPS) is 25.9. The lowest BCUT2D eigenvalue weighted by atomic mass is 9.76. The number of para-hydroxylation sites is 2. The van der Waals surface area contributed by atoms with Crippen LogP contribution in [0.3, 0.4) is 0 Å². The van der Waals surface area contributed by atoms with Crippen molar-refractivity contribution >= 4 is 56.6 Å². The van der Waals surface area contributed by atoms with Gasteiger partial charge < -0.3 is 10.2 Å². The zero-order chi connectivity index (χ0) is 26.4. The van der Waals surface area contributed by atoms with E-state index < -0.39 is 0 Å². The fourth-order valence-electron chi connectivity index (χ4n) is 6.28. The molecule has 38 heavy (non-hydrogen) atoms. The van der Waals surface area contributed by atoms with E-state index in [1.54, 1.807) is 18.2 Å². The highest BCUT2D eigenvalue weighted by molar-refractivity contribution is 9.10. The van der Waals surface area contributed by atoms with Gasteiger partial charge in [0.05, 0.1) is 32.5 Å². The summed E-state index contributed by atoms with van der Waals surface area (Å²) in [5, 5.41) is 15.2. The summed E-state index contributed by atoms with van der Waals surface area (Å²) in [7, 11) is 0. The lowest BCUT2D eigenvalue weighted by molar-refractivity contribution is -0.387. The maximum atomic E-state index is 13.6. The molecule has 1 aliphatic carbocycles. The summed E-state index contributed by atoms with van der Waals surface area (Å²) >= 11 is 12.3. The number of carbonyl (C=O) groups excluding carboxylic acids is 1. The van der Waals surface area contributed by atoms with E-state index in [0.717, 1.165) is 53.6 Å². The second-order valence-electron chi connectivity index (χ2n) is 10.2. The van der Waals surface area contributed by atoms with Gasteiger partial charge in [-0.05, 0) is 60.6 Å². The lowest BCUT2D eigenvalue weighted by Gasteiger charge is -2.39. The fraction of sp³-hybridized carbons (Fsp3) is 0.345. The number of fused-ring (bicyclic) bond motifs is 3. The van der Waals surface area contributed by atoms with Crippen LogP contribution < -0.4 is 5.32 Å². The Kier molecular flexibility index (Phi) is 7.14. The van der Waals surface area contributed by atoms with Gasteiger partial charge in [-0.1, -0.05) is 52.3 Å². The van der Waals surface area contributed by atoms with Gasteiger partial charge in [-0.2, -0.15) is 0 Å². The number of halogens is 2. The smallest absolute Gasteiger partial charge is 0.282 e. The molecule has 196 valence electrons. The molecule has 0 aromatic heterocycles. The van der Waals surface area contributed by atoms with Crippen molar-refractivity contribution in [2.24, 2.45) is 5.92 Å². The number of amides is 1. The number of hydrogen-bond acceptors (Lipinski definition) is 5. The Hall–Kier alpha value is -2.55. The van der Waals surface area contributed by atoms with E-state index in [9.17, 15) is 14.9 Å². The van der Waals surface area contributed by atoms with Crippen LogP contribution in [0.5, 0.6) is 0 Å². The summed E-state index contributed by atoms with van der Waals surface area (Å²) in [6.45, 7) is 1.58. The highest BCUT2D eigenvalue weighted by Gasteiger charge is 2.51. The van der Waals surface area contributed by atoms with E-state index in [2.05, 4.69) is 39.4 Å². The molecular formula is C29H27BrClN3O3S. The summed E-state index contributed by atoms with van der Waals surface area (Å²) in [5.41, 5.74) is 3.89. The minimum atomic E-state index is -0.328. The third-order valence-electron chi connectivity index (χ3n) is 8.04. The molecule has 0 bridgehead atoms. The van der Waals surface area contributed by atoms with Crippen molar-refractivity contribution in [3.63, 3.8) is 0 Å². The third-order valence-corrected chi connectivity index (χ3v) is 10.7. The minimum Gasteiger partial charge on any atom is -0.377 e. The molecule has 0 radical (unpaired) electrons. The Balaban J connectivity index is 1.41. The first-order valence-corrected chi connectivity index (χ1v) is 15.0. The highest BCUT2D eigenvalue weighted by atomic mass is 79.9. The van der Waals surface area contributed by atoms with Crippen LogP contribution in [0.15, 0.2) is 76.1 Å². The Morgan fingerprint density at radius 3 is 2.53 bits per heavy atom. The van der Waals surface area contributed by atoms with Crippen LogP contribution in [0.25, 0.3) is 0 Å². The Labute approximate surface area is 239 Å². The van der Waals surface area contributed by atoms with Gasteiger partial charge in [-0.25, -0.2) is 0 Å². The number of likely N-dealkylation sites (tertiary alicyclic amines) is 1. The topological polar surface area (TPSA) is 75.5 Å². The fourth-order valence-corrected chi connectivity index (χ4v) is 8.49. The summed E-state index contributed by atoms with van der Waals surface area (Å²) < 4.78 is 1.00. The second-order valence-corrected chi connectivity index (χ2v) is 12.9. The molecular weight excluding hydrogens is 586 g/mol. The molecule has 0 unspecified atom stereocenters. The largest absolute Gasteiger partial charge is 0.377 e. The van der Waals surface area contributed by atoms with Gasteiger partial charge in [-0.3, -0.25) is 14.9 Å². The van der Waals surface area contributed by atoms with Crippen molar-refractivity contribution < 1.29 is 9.72 Å². The van der Waals surface area contributed by atoms with Crippen LogP contribution in [0, 0.1) is 16.0 Å². The minimum absolute atomic E-state index is 0.00756. The zero-order valence-corrected chi connectivity index (χ0v) is 23.7. The lowest BCUT2D eigenvalue weighted by Crippen LogP contribution is -2.34. The Morgan fingerprint density at radius 1 is 1.05 bits per heavy atom. The average molecular weight is 613 g/mol. The maximum absolute atomic E-state index is 13.6. The summed E-state index contributed by atoms with van der Waals surface area (Å²) in [5.74, 6) is 0.242. The molecule has 1 saturated heterocycles. The molecule has 3 aliphatic rings. The first-order chi connectivity index (χ1) is 18.4. The van der Waals surface area contributed by atoms with Gasteiger partial charge in [0.1, 0.15) is 0 Å². The Morgan fingerprint density at radius 2 is 1.79 bits per heavy atom. The van der Waals surface area contributed by atoms with Crippen molar-refractivity contribution in [1.82, 2.24) is 4.90 Å². The van der Waals surface area contributed by atoms with Gasteiger partial charge in [0.2, 0.25) is 0 Å². The number of nitro groups is 1. The third kappa shape index (κ3) is 4.61. The number of alkyl halides is 1. The van der Waals surface area contributed by atoms with Gasteiger partial charge in [0, 0.05) is 34.8 Å². The standard InChI is InChI=1S/C29H27BrClN3O3S/c30-18-12-10-17(11-13-18)27-21-16-24(38-23-9-2-1-8-22(23)34(36)37)26(31)25(21)19-6-5-7-20(28(19)32-27)29(35)33-14-3-4-15-33/h1-2,5-13,21,24-27,32H,3-4,14-16H2/t21-,24+,25-,26-,27-/m1/s1. The van der Waals surface area contributed by atoms with Crippen LogP contribution >= 0.6 is 39.3 Å². The predicted molar refractivity (Wildman–Crippen MR) is 155 cm³/mol. The first-order valence-electron chi connectivity index (χ1n) is 12.9. The molecule has 3 aromatic carbocycles. The average Bonchev–Trinajstić information content (AvgIpc) is 3.57. The molecule has 2 aliphatic heterocycles. The summed E-state index contributed by atoms with van der Waals surface area (Å²) in [6.07, 6.45) is 2.87. The molecule has 1 amide bonds. The monoisotopic (exact) mass is 611 g/mol. The van der Waals surface area contributed by atoms with Gasteiger partial charge in [0.15, 0.2) is 0 Å². The molecule has 0 spiro atoms. The van der Waals surface area contributed by atoms with Crippen LogP contribution in [-0.4, -0.2) is 39.4 Å². The maximum Gasteiger partial charge on any atom is 0.282 e.